The van der Waals surface area contributed by atoms with Crippen LogP contribution in [0.2, 0.25) is 0 Å². The Kier molecular flexibility index (Phi) is 6.08. The molecular formula is C18H20N2O4. The van der Waals surface area contributed by atoms with Crippen LogP contribution in [0.1, 0.15) is 5.56 Å². The number of ether oxygens (including phenoxy) is 3. The summed E-state index contributed by atoms with van der Waals surface area (Å²) in [6.45, 7) is 0.325. The molecule has 0 unspecified atom stereocenters. The zero-order valence-corrected chi connectivity index (χ0v) is 13.4. The molecule has 2 rings (SSSR count). The van der Waals surface area contributed by atoms with Crippen molar-refractivity contribution < 1.29 is 19.0 Å². The standard InChI is InChI=1S/C18H20N2O4/c1-22-15-6-2-13(3-7-15)4-9-18(21)24-11-10-23-17-8-5-14(19)12-16(17)20/h2-9,12H,10-11,19-20H2,1H3. The van der Waals surface area contributed by atoms with Gasteiger partial charge in [0.2, 0.25) is 0 Å². The maximum Gasteiger partial charge on any atom is 0.330 e. The molecule has 0 heterocycles. The minimum Gasteiger partial charge on any atom is -0.497 e. The molecule has 4 N–H and O–H groups in total. The van der Waals surface area contributed by atoms with Crippen molar-refractivity contribution in [3.05, 3.63) is 54.1 Å². The quantitative estimate of drug-likeness (QED) is 0.351. The van der Waals surface area contributed by atoms with Gasteiger partial charge >= 0.3 is 5.97 Å². The predicted molar refractivity (Wildman–Crippen MR) is 93.7 cm³/mol. The molecule has 0 aliphatic rings. The number of methoxy groups -OCH3 is 1. The molecule has 0 aromatic heterocycles. The first-order valence-corrected chi connectivity index (χ1v) is 7.35. The van der Waals surface area contributed by atoms with Crippen LogP contribution >= 0.6 is 0 Å². The van der Waals surface area contributed by atoms with Gasteiger partial charge < -0.3 is 25.7 Å². The number of carbonyl (C=O) groups excluding carboxylic acids is 1. The largest absolute Gasteiger partial charge is 0.497 e. The summed E-state index contributed by atoms with van der Waals surface area (Å²) >= 11 is 0. The lowest BCUT2D eigenvalue weighted by atomic mass is 10.2. The summed E-state index contributed by atoms with van der Waals surface area (Å²) in [6, 6.07) is 12.3. The van der Waals surface area contributed by atoms with Gasteiger partial charge in [-0.3, -0.25) is 0 Å². The second-order valence-electron chi connectivity index (χ2n) is 4.92. The predicted octanol–water partition coefficient (Wildman–Crippen LogP) is 2.50. The van der Waals surface area contributed by atoms with E-state index in [9.17, 15) is 4.79 Å². The van der Waals surface area contributed by atoms with E-state index in [1.54, 1.807) is 31.4 Å². The topological polar surface area (TPSA) is 96.8 Å². The Bertz CT molecular complexity index is 711. The molecule has 0 aliphatic carbocycles. The van der Waals surface area contributed by atoms with Gasteiger partial charge in [0.1, 0.15) is 24.7 Å². The van der Waals surface area contributed by atoms with Crippen molar-refractivity contribution in [2.45, 2.75) is 0 Å². The number of hydrogen-bond acceptors (Lipinski definition) is 6. The molecule has 0 saturated carbocycles. The van der Waals surface area contributed by atoms with Crippen molar-refractivity contribution in [2.24, 2.45) is 0 Å². The Morgan fingerprint density at radius 1 is 1.08 bits per heavy atom. The fourth-order valence-electron chi connectivity index (χ4n) is 1.92. The van der Waals surface area contributed by atoms with Crippen LogP contribution in [0.15, 0.2) is 48.5 Å². The lowest BCUT2D eigenvalue weighted by molar-refractivity contribution is -0.138. The van der Waals surface area contributed by atoms with Crippen molar-refractivity contribution in [1.29, 1.82) is 0 Å². The number of esters is 1. The number of nitrogen functional groups attached to an aromatic ring is 2. The van der Waals surface area contributed by atoms with Gasteiger partial charge in [-0.1, -0.05) is 12.1 Å². The average molecular weight is 328 g/mol. The molecule has 2 aromatic rings. The van der Waals surface area contributed by atoms with Crippen LogP contribution in [0.4, 0.5) is 11.4 Å². The summed E-state index contributed by atoms with van der Waals surface area (Å²) in [5, 5.41) is 0. The Balaban J connectivity index is 1.73. The lowest BCUT2D eigenvalue weighted by Gasteiger charge is -2.09. The molecule has 0 atom stereocenters. The molecule has 0 amide bonds. The molecule has 24 heavy (non-hydrogen) atoms. The maximum absolute atomic E-state index is 11.6. The van der Waals surface area contributed by atoms with Gasteiger partial charge in [-0.25, -0.2) is 4.79 Å². The number of rotatable bonds is 7. The Morgan fingerprint density at radius 3 is 2.50 bits per heavy atom. The minimum atomic E-state index is -0.445. The smallest absolute Gasteiger partial charge is 0.330 e. The van der Waals surface area contributed by atoms with Gasteiger partial charge in [-0.05, 0) is 42.0 Å². The third-order valence-electron chi connectivity index (χ3n) is 3.15. The molecule has 0 radical (unpaired) electrons. The van der Waals surface area contributed by atoms with E-state index in [1.807, 2.05) is 24.3 Å². The highest BCUT2D eigenvalue weighted by Crippen LogP contribution is 2.23. The minimum absolute atomic E-state index is 0.121. The highest BCUT2D eigenvalue weighted by molar-refractivity contribution is 5.87. The monoisotopic (exact) mass is 328 g/mol. The summed E-state index contributed by atoms with van der Waals surface area (Å²) in [4.78, 5) is 11.6. The van der Waals surface area contributed by atoms with E-state index in [0.717, 1.165) is 11.3 Å². The fraction of sp³-hybridized carbons (Fsp3) is 0.167. The van der Waals surface area contributed by atoms with Gasteiger partial charge in [-0.2, -0.15) is 0 Å². The van der Waals surface area contributed by atoms with Crippen LogP contribution in [0.5, 0.6) is 11.5 Å². The van der Waals surface area contributed by atoms with Crippen molar-refractivity contribution in [3.63, 3.8) is 0 Å². The van der Waals surface area contributed by atoms with E-state index in [0.29, 0.717) is 17.1 Å². The molecule has 0 bridgehead atoms. The number of nitrogens with two attached hydrogens (primary N) is 2. The van der Waals surface area contributed by atoms with Crippen molar-refractivity contribution in [3.8, 4) is 11.5 Å². The zero-order valence-electron chi connectivity index (χ0n) is 13.4. The molecule has 0 fully saturated rings. The second kappa shape index (κ2) is 8.47. The normalized spacial score (nSPS) is 10.5. The highest BCUT2D eigenvalue weighted by atomic mass is 16.6. The molecule has 6 heteroatoms. The first-order valence-electron chi connectivity index (χ1n) is 7.35. The maximum atomic E-state index is 11.6. The van der Waals surface area contributed by atoms with Gasteiger partial charge in [-0.15, -0.1) is 0 Å². The molecule has 0 saturated heterocycles. The molecule has 0 spiro atoms. The van der Waals surface area contributed by atoms with Gasteiger partial charge in [0.15, 0.2) is 0 Å². The third kappa shape index (κ3) is 5.24. The van der Waals surface area contributed by atoms with Crippen LogP contribution < -0.4 is 20.9 Å². The molecule has 2 aromatic carbocycles. The Labute approximate surface area is 140 Å². The average Bonchev–Trinajstić information content (AvgIpc) is 2.59. The Hall–Kier alpha value is -3.15. The summed E-state index contributed by atoms with van der Waals surface area (Å²) in [5.41, 5.74) is 13.2. The summed E-state index contributed by atoms with van der Waals surface area (Å²) < 4.78 is 15.6. The van der Waals surface area contributed by atoms with Gasteiger partial charge in [0, 0.05) is 11.8 Å². The first-order chi connectivity index (χ1) is 11.6. The lowest BCUT2D eigenvalue weighted by Crippen LogP contribution is -2.11. The van der Waals surface area contributed by atoms with E-state index in [2.05, 4.69) is 0 Å². The summed E-state index contributed by atoms with van der Waals surface area (Å²) in [7, 11) is 1.60. The summed E-state index contributed by atoms with van der Waals surface area (Å²) in [6.07, 6.45) is 3.03. The van der Waals surface area contributed by atoms with E-state index < -0.39 is 5.97 Å². The second-order valence-corrected chi connectivity index (χ2v) is 4.92. The van der Waals surface area contributed by atoms with Crippen LogP contribution in [-0.2, 0) is 9.53 Å². The zero-order chi connectivity index (χ0) is 17.4. The van der Waals surface area contributed by atoms with Gasteiger partial charge in [0.25, 0.3) is 0 Å². The van der Waals surface area contributed by atoms with E-state index in [4.69, 9.17) is 25.7 Å². The number of anilines is 2. The van der Waals surface area contributed by atoms with E-state index >= 15 is 0 Å². The van der Waals surface area contributed by atoms with Crippen LogP contribution in [0.25, 0.3) is 6.08 Å². The molecular weight excluding hydrogens is 308 g/mol. The Morgan fingerprint density at radius 2 is 1.83 bits per heavy atom. The molecule has 126 valence electrons. The van der Waals surface area contributed by atoms with Crippen LogP contribution in [0.3, 0.4) is 0 Å². The molecule has 6 nitrogen and oxygen atoms in total. The van der Waals surface area contributed by atoms with E-state index in [1.165, 1.54) is 6.08 Å². The SMILES string of the molecule is COc1ccc(C=CC(=O)OCCOc2ccc(N)cc2N)cc1. The fourth-order valence-corrected chi connectivity index (χ4v) is 1.92. The van der Waals surface area contributed by atoms with Crippen LogP contribution in [-0.4, -0.2) is 26.3 Å². The van der Waals surface area contributed by atoms with Crippen LogP contribution in [0, 0.1) is 0 Å². The third-order valence-corrected chi connectivity index (χ3v) is 3.15. The van der Waals surface area contributed by atoms with Gasteiger partial charge in [0.05, 0.1) is 12.8 Å². The number of hydrogen-bond donors (Lipinski definition) is 2. The van der Waals surface area contributed by atoms with Crippen molar-refractivity contribution in [2.75, 3.05) is 31.8 Å². The van der Waals surface area contributed by atoms with Crippen molar-refractivity contribution in [1.82, 2.24) is 0 Å². The van der Waals surface area contributed by atoms with E-state index in [-0.39, 0.29) is 13.2 Å². The first kappa shape index (κ1) is 17.2. The number of carbonyl (C=O) groups is 1. The number of benzene rings is 2. The van der Waals surface area contributed by atoms with Crippen molar-refractivity contribution >= 4 is 23.4 Å². The summed E-state index contributed by atoms with van der Waals surface area (Å²) in [5.74, 6) is 0.822. The highest BCUT2D eigenvalue weighted by Gasteiger charge is 2.02. The molecule has 0 aliphatic heterocycles.